The molecule has 3 unspecified atom stereocenters. The lowest BCUT2D eigenvalue weighted by atomic mass is 9.54. The van der Waals surface area contributed by atoms with E-state index in [1.807, 2.05) is 18.2 Å². The molecule has 2 fully saturated rings. The molecule has 2 aliphatic rings. The highest BCUT2D eigenvalue weighted by Gasteiger charge is 2.53. The number of methoxy groups -OCH3 is 1. The Hall–Kier alpha value is -1.36. The summed E-state index contributed by atoms with van der Waals surface area (Å²) in [6.45, 7) is 5.54. The van der Waals surface area contributed by atoms with Gasteiger partial charge < -0.3 is 14.7 Å². The van der Waals surface area contributed by atoms with Gasteiger partial charge in [0.15, 0.2) is 0 Å². The minimum Gasteiger partial charge on any atom is -0.497 e. The zero-order chi connectivity index (χ0) is 19.8. The van der Waals surface area contributed by atoms with Crippen LogP contribution in [-0.2, 0) is 11.0 Å². The number of benzene rings is 2. The fourth-order valence-electron chi connectivity index (χ4n) is 5.49. The highest BCUT2D eigenvalue weighted by atomic mass is 79.9. The molecule has 0 spiro atoms. The van der Waals surface area contributed by atoms with Gasteiger partial charge in [-0.25, -0.2) is 0 Å². The van der Waals surface area contributed by atoms with Gasteiger partial charge in [0.2, 0.25) is 0 Å². The van der Waals surface area contributed by atoms with Crippen LogP contribution in [0.1, 0.15) is 43.7 Å². The number of hydrogen-bond donors (Lipinski definition) is 1. The number of rotatable bonds is 4. The van der Waals surface area contributed by atoms with Crippen molar-refractivity contribution in [2.24, 2.45) is 5.92 Å². The summed E-state index contributed by atoms with van der Waals surface area (Å²) in [4.78, 5) is 2.56. The van der Waals surface area contributed by atoms with Gasteiger partial charge in [0, 0.05) is 16.4 Å². The Bertz CT molecular complexity index is 841. The quantitative estimate of drug-likeness (QED) is 0.712. The van der Waals surface area contributed by atoms with Crippen molar-refractivity contribution < 1.29 is 9.84 Å². The molecule has 1 heterocycles. The molecule has 0 aromatic heterocycles. The van der Waals surface area contributed by atoms with E-state index >= 15 is 0 Å². The predicted octanol–water partition coefficient (Wildman–Crippen LogP) is 5.11. The van der Waals surface area contributed by atoms with Gasteiger partial charge in [0.05, 0.1) is 12.7 Å². The maximum atomic E-state index is 11.8. The van der Waals surface area contributed by atoms with E-state index in [0.29, 0.717) is 5.92 Å². The Morgan fingerprint density at radius 3 is 2.68 bits per heavy atom. The Morgan fingerprint density at radius 1 is 1.14 bits per heavy atom. The van der Waals surface area contributed by atoms with Crippen LogP contribution < -0.4 is 4.74 Å². The second-order valence-corrected chi connectivity index (χ2v) is 9.40. The predicted molar refractivity (Wildman–Crippen MR) is 117 cm³/mol. The van der Waals surface area contributed by atoms with E-state index in [4.69, 9.17) is 4.74 Å². The largest absolute Gasteiger partial charge is 0.497 e. The number of aliphatic hydroxyl groups is 1. The average Bonchev–Trinajstić information content (AvgIpc) is 2.73. The summed E-state index contributed by atoms with van der Waals surface area (Å²) in [5, 5.41) is 11.8. The maximum absolute atomic E-state index is 11.8. The van der Waals surface area contributed by atoms with E-state index in [1.54, 1.807) is 7.11 Å². The van der Waals surface area contributed by atoms with Crippen LogP contribution >= 0.6 is 15.9 Å². The Labute approximate surface area is 176 Å². The van der Waals surface area contributed by atoms with Crippen molar-refractivity contribution in [3.63, 3.8) is 0 Å². The molecule has 2 aromatic rings. The second-order valence-electron chi connectivity index (χ2n) is 8.49. The van der Waals surface area contributed by atoms with E-state index in [9.17, 15) is 5.11 Å². The third kappa shape index (κ3) is 3.51. The molecule has 150 valence electrons. The fraction of sp³-hybridized carbons (Fsp3) is 0.500. The molecule has 1 saturated heterocycles. The van der Waals surface area contributed by atoms with Crippen molar-refractivity contribution in [3.8, 4) is 5.75 Å². The van der Waals surface area contributed by atoms with E-state index in [0.717, 1.165) is 61.1 Å². The molecule has 0 radical (unpaired) electrons. The number of fused-ring (bicyclic) bond motifs is 1. The lowest BCUT2D eigenvalue weighted by Crippen LogP contribution is -2.56. The molecule has 3 nitrogen and oxygen atoms in total. The van der Waals surface area contributed by atoms with Gasteiger partial charge in [-0.3, -0.25) is 0 Å². The van der Waals surface area contributed by atoms with E-state index in [2.05, 4.69) is 58.1 Å². The Morgan fingerprint density at radius 2 is 1.93 bits per heavy atom. The van der Waals surface area contributed by atoms with Crippen LogP contribution in [0.15, 0.2) is 53.0 Å². The van der Waals surface area contributed by atoms with Gasteiger partial charge in [0.1, 0.15) is 5.75 Å². The molecule has 1 N–H and O–H groups in total. The monoisotopic (exact) mass is 443 g/mol. The molecule has 1 aliphatic carbocycles. The van der Waals surface area contributed by atoms with Crippen LogP contribution in [0.4, 0.5) is 0 Å². The Kier molecular flexibility index (Phi) is 5.56. The van der Waals surface area contributed by atoms with Crippen LogP contribution in [0, 0.1) is 5.92 Å². The molecule has 4 rings (SSSR count). The lowest BCUT2D eigenvalue weighted by Gasteiger charge is -2.55. The van der Waals surface area contributed by atoms with E-state index in [-0.39, 0.29) is 5.41 Å². The molecule has 0 amide bonds. The first-order valence-electron chi connectivity index (χ1n) is 10.3. The topological polar surface area (TPSA) is 32.7 Å². The molecule has 1 aliphatic heterocycles. The fourth-order valence-corrected chi connectivity index (χ4v) is 5.89. The third-order valence-electron chi connectivity index (χ3n) is 7.10. The van der Waals surface area contributed by atoms with Crippen molar-refractivity contribution in [2.45, 2.75) is 43.6 Å². The van der Waals surface area contributed by atoms with Gasteiger partial charge in [-0.05, 0) is 80.1 Å². The summed E-state index contributed by atoms with van der Waals surface area (Å²) in [6, 6.07) is 16.8. The minimum atomic E-state index is -0.794. The number of piperidine rings is 1. The SMILES string of the molecule is CCN1CCC2(c3cccc(OC)c3)CC(O)(c3cccc(Br)c3)CCC2C1. The standard InChI is InChI=1S/C24H30BrNO2/c1-3-26-13-12-23(18-6-5-9-22(15-18)28-2)17-24(27,11-10-20(23)16-26)19-7-4-8-21(25)14-19/h4-9,14-15,20,27H,3,10-13,16-17H2,1-2H3. The smallest absolute Gasteiger partial charge is 0.119 e. The molecule has 0 bridgehead atoms. The van der Waals surface area contributed by atoms with Crippen molar-refractivity contribution in [1.29, 1.82) is 0 Å². The van der Waals surface area contributed by atoms with Crippen LogP contribution in [0.5, 0.6) is 5.75 Å². The number of likely N-dealkylation sites (tertiary alicyclic amines) is 1. The number of ether oxygens (including phenoxy) is 1. The summed E-state index contributed by atoms with van der Waals surface area (Å²) in [6.07, 6.45) is 3.70. The van der Waals surface area contributed by atoms with Crippen molar-refractivity contribution in [3.05, 3.63) is 64.1 Å². The third-order valence-corrected chi connectivity index (χ3v) is 7.60. The zero-order valence-electron chi connectivity index (χ0n) is 16.8. The van der Waals surface area contributed by atoms with Crippen molar-refractivity contribution >= 4 is 15.9 Å². The van der Waals surface area contributed by atoms with Crippen molar-refractivity contribution in [1.82, 2.24) is 4.90 Å². The summed E-state index contributed by atoms with van der Waals surface area (Å²) in [5.74, 6) is 1.46. The summed E-state index contributed by atoms with van der Waals surface area (Å²) in [5.41, 5.74) is 1.54. The van der Waals surface area contributed by atoms with E-state index in [1.165, 1.54) is 5.56 Å². The van der Waals surface area contributed by atoms with Gasteiger partial charge >= 0.3 is 0 Å². The number of hydrogen-bond acceptors (Lipinski definition) is 3. The normalized spacial score (nSPS) is 30.6. The molecule has 4 heteroatoms. The van der Waals surface area contributed by atoms with Crippen molar-refractivity contribution in [2.75, 3.05) is 26.7 Å². The molecular formula is C24H30BrNO2. The number of nitrogens with zero attached hydrogens (tertiary/aromatic N) is 1. The van der Waals surface area contributed by atoms with E-state index < -0.39 is 5.60 Å². The molecule has 28 heavy (non-hydrogen) atoms. The number of halogens is 1. The highest BCUT2D eigenvalue weighted by molar-refractivity contribution is 9.10. The first-order valence-corrected chi connectivity index (χ1v) is 11.1. The molecular weight excluding hydrogens is 414 g/mol. The van der Waals surface area contributed by atoms with Gasteiger partial charge in [-0.2, -0.15) is 0 Å². The lowest BCUT2D eigenvalue weighted by molar-refractivity contribution is -0.0764. The first kappa shape index (κ1) is 19.9. The minimum absolute atomic E-state index is 0.0183. The molecule has 1 saturated carbocycles. The zero-order valence-corrected chi connectivity index (χ0v) is 18.4. The summed E-state index contributed by atoms with van der Waals surface area (Å²) >= 11 is 3.58. The second kappa shape index (κ2) is 7.81. The van der Waals surface area contributed by atoms with Crippen LogP contribution in [0.25, 0.3) is 0 Å². The Balaban J connectivity index is 1.77. The highest BCUT2D eigenvalue weighted by Crippen LogP contribution is 2.55. The first-order chi connectivity index (χ1) is 13.5. The van der Waals surface area contributed by atoms with Crippen LogP contribution in [0.2, 0.25) is 0 Å². The molecule has 2 aromatic carbocycles. The summed E-state index contributed by atoms with van der Waals surface area (Å²) in [7, 11) is 1.73. The molecule has 3 atom stereocenters. The van der Waals surface area contributed by atoms with Crippen LogP contribution in [0.3, 0.4) is 0 Å². The summed E-state index contributed by atoms with van der Waals surface area (Å²) < 4.78 is 6.56. The van der Waals surface area contributed by atoms with Gasteiger partial charge in [-0.15, -0.1) is 0 Å². The van der Waals surface area contributed by atoms with Crippen LogP contribution in [-0.4, -0.2) is 36.8 Å². The van der Waals surface area contributed by atoms with Gasteiger partial charge in [0.25, 0.3) is 0 Å². The average molecular weight is 444 g/mol. The van der Waals surface area contributed by atoms with Gasteiger partial charge in [-0.1, -0.05) is 47.1 Å². The maximum Gasteiger partial charge on any atom is 0.119 e.